The molecule has 154 valence electrons. The largest absolute Gasteiger partial charge is 0.337 e. The third-order valence-electron chi connectivity index (χ3n) is 4.84. The third kappa shape index (κ3) is 6.11. The summed E-state index contributed by atoms with van der Waals surface area (Å²) in [4.78, 5) is 15.8. The number of hydrogen-bond donors (Lipinski definition) is 1. The minimum Gasteiger partial charge on any atom is -0.337 e. The molecule has 0 aromatic heterocycles. The average molecular weight is 435 g/mol. The Morgan fingerprint density at radius 1 is 1.37 bits per heavy atom. The number of amides is 1. The maximum Gasteiger partial charge on any atom is 0.236 e. The highest BCUT2D eigenvalue weighted by molar-refractivity contribution is 8.01. The minimum atomic E-state index is -3.33. The second-order valence-electron chi connectivity index (χ2n) is 7.08. The first kappa shape index (κ1) is 24.3. The van der Waals surface area contributed by atoms with E-state index in [-0.39, 0.29) is 35.4 Å². The summed E-state index contributed by atoms with van der Waals surface area (Å²) in [6.45, 7) is 7.08. The van der Waals surface area contributed by atoms with Crippen LogP contribution in [0.2, 0.25) is 0 Å². The second-order valence-corrected chi connectivity index (χ2v) is 10.5. The molecule has 3 unspecified atom stereocenters. The van der Waals surface area contributed by atoms with Crippen molar-refractivity contribution in [2.24, 2.45) is 11.7 Å². The highest BCUT2D eigenvalue weighted by Gasteiger charge is 2.32. The van der Waals surface area contributed by atoms with Gasteiger partial charge in [0.25, 0.3) is 0 Å². The number of rotatable bonds is 7. The summed E-state index contributed by atoms with van der Waals surface area (Å²) < 4.78 is 25.0. The van der Waals surface area contributed by atoms with Crippen LogP contribution in [0.15, 0.2) is 34.1 Å². The zero-order valence-corrected chi connectivity index (χ0v) is 18.7. The third-order valence-corrected chi connectivity index (χ3v) is 8.11. The lowest BCUT2D eigenvalue weighted by atomic mass is 9.92. The number of likely N-dealkylation sites (tertiary alicyclic amines) is 1. The molecule has 0 radical (unpaired) electrons. The SMILES string of the molecule is CCCS(=O)(=O)c1ccccc1SC(C)C(=O)N1CCC(C)CC1CN.Cl. The molecule has 27 heavy (non-hydrogen) atoms. The van der Waals surface area contributed by atoms with Crippen molar-refractivity contribution in [2.75, 3.05) is 18.8 Å². The van der Waals surface area contributed by atoms with Gasteiger partial charge in [-0.25, -0.2) is 8.42 Å². The van der Waals surface area contributed by atoms with Crippen molar-refractivity contribution in [3.8, 4) is 0 Å². The van der Waals surface area contributed by atoms with Gasteiger partial charge in [-0.1, -0.05) is 26.0 Å². The topological polar surface area (TPSA) is 80.5 Å². The second kappa shape index (κ2) is 10.7. The number of carbonyl (C=O) groups excluding carboxylic acids is 1. The Balaban J connectivity index is 0.00000364. The van der Waals surface area contributed by atoms with Gasteiger partial charge < -0.3 is 10.6 Å². The summed E-state index contributed by atoms with van der Waals surface area (Å²) in [5, 5.41) is -0.351. The summed E-state index contributed by atoms with van der Waals surface area (Å²) in [7, 11) is -3.33. The van der Waals surface area contributed by atoms with E-state index >= 15 is 0 Å². The van der Waals surface area contributed by atoms with Crippen molar-refractivity contribution in [3.63, 3.8) is 0 Å². The normalized spacial score (nSPS) is 21.4. The van der Waals surface area contributed by atoms with Gasteiger partial charge in [0, 0.05) is 24.0 Å². The maximum absolute atomic E-state index is 13.0. The van der Waals surface area contributed by atoms with E-state index in [1.165, 1.54) is 11.8 Å². The highest BCUT2D eigenvalue weighted by Crippen LogP contribution is 2.33. The molecule has 2 rings (SSSR count). The fourth-order valence-electron chi connectivity index (χ4n) is 3.42. The van der Waals surface area contributed by atoms with Gasteiger partial charge in [-0.3, -0.25) is 4.79 Å². The standard InChI is InChI=1S/C19H30N2O3S2.ClH/c1-4-11-26(23,24)18-8-6-5-7-17(18)25-15(3)19(22)21-10-9-14(2)12-16(21)13-20;/h5-8,14-16H,4,9-13,20H2,1-3H3;1H. The molecule has 1 heterocycles. The van der Waals surface area contributed by atoms with Crippen LogP contribution in [0.3, 0.4) is 0 Å². The number of nitrogens with two attached hydrogens (primary N) is 1. The van der Waals surface area contributed by atoms with Crippen LogP contribution in [0, 0.1) is 5.92 Å². The van der Waals surface area contributed by atoms with Gasteiger partial charge in [-0.05, 0) is 44.2 Å². The maximum atomic E-state index is 13.0. The summed E-state index contributed by atoms with van der Waals surface area (Å²) >= 11 is 1.33. The van der Waals surface area contributed by atoms with Crippen molar-refractivity contribution >= 4 is 39.9 Å². The fraction of sp³-hybridized carbons (Fsp3) is 0.632. The Morgan fingerprint density at radius 2 is 2.04 bits per heavy atom. The van der Waals surface area contributed by atoms with Crippen LogP contribution in [0.4, 0.5) is 0 Å². The molecule has 5 nitrogen and oxygen atoms in total. The van der Waals surface area contributed by atoms with Crippen molar-refractivity contribution < 1.29 is 13.2 Å². The van der Waals surface area contributed by atoms with Gasteiger partial charge in [0.05, 0.1) is 15.9 Å². The van der Waals surface area contributed by atoms with Gasteiger partial charge in [-0.15, -0.1) is 24.2 Å². The van der Waals surface area contributed by atoms with E-state index in [1.54, 1.807) is 18.2 Å². The Hall–Kier alpha value is -0.760. The number of carbonyl (C=O) groups is 1. The molecule has 1 fully saturated rings. The number of hydrogen-bond acceptors (Lipinski definition) is 5. The molecule has 1 aliphatic rings. The molecule has 0 saturated carbocycles. The zero-order valence-electron chi connectivity index (χ0n) is 16.3. The molecule has 1 aliphatic heterocycles. The van der Waals surface area contributed by atoms with Gasteiger partial charge in [0.1, 0.15) is 0 Å². The first-order chi connectivity index (χ1) is 12.3. The van der Waals surface area contributed by atoms with Gasteiger partial charge in [0.2, 0.25) is 5.91 Å². The van der Waals surface area contributed by atoms with Crippen LogP contribution in [-0.4, -0.2) is 49.4 Å². The number of sulfone groups is 1. The molecular weight excluding hydrogens is 404 g/mol. The lowest BCUT2D eigenvalue weighted by Gasteiger charge is -2.39. The fourth-order valence-corrected chi connectivity index (χ4v) is 6.32. The van der Waals surface area contributed by atoms with Crippen LogP contribution in [0.5, 0.6) is 0 Å². The van der Waals surface area contributed by atoms with Crippen molar-refractivity contribution in [1.29, 1.82) is 0 Å². The predicted octanol–water partition coefficient (Wildman–Crippen LogP) is 3.36. The van der Waals surface area contributed by atoms with E-state index in [0.717, 1.165) is 19.4 Å². The van der Waals surface area contributed by atoms with Crippen molar-refractivity contribution in [2.45, 2.75) is 61.1 Å². The van der Waals surface area contributed by atoms with E-state index in [1.807, 2.05) is 24.8 Å². The zero-order chi connectivity index (χ0) is 19.3. The Bertz CT molecular complexity index is 727. The van der Waals surface area contributed by atoms with Gasteiger partial charge in [0.15, 0.2) is 9.84 Å². The summed E-state index contributed by atoms with van der Waals surface area (Å²) in [6, 6.07) is 7.05. The van der Waals surface area contributed by atoms with Crippen LogP contribution < -0.4 is 5.73 Å². The number of nitrogens with zero attached hydrogens (tertiary/aromatic N) is 1. The molecule has 1 amide bonds. The van der Waals surface area contributed by atoms with Crippen LogP contribution in [0.25, 0.3) is 0 Å². The molecule has 0 aliphatic carbocycles. The molecule has 0 bridgehead atoms. The quantitative estimate of drug-likeness (QED) is 0.665. The van der Waals surface area contributed by atoms with Crippen molar-refractivity contribution in [3.05, 3.63) is 24.3 Å². The minimum absolute atomic E-state index is 0. The van der Waals surface area contributed by atoms with E-state index in [2.05, 4.69) is 6.92 Å². The van der Waals surface area contributed by atoms with Crippen LogP contribution in [0.1, 0.15) is 40.0 Å². The van der Waals surface area contributed by atoms with E-state index < -0.39 is 9.84 Å². The van der Waals surface area contributed by atoms with Crippen LogP contribution >= 0.6 is 24.2 Å². The van der Waals surface area contributed by atoms with Gasteiger partial charge >= 0.3 is 0 Å². The summed E-state index contributed by atoms with van der Waals surface area (Å²) in [6.07, 6.45) is 2.49. The molecule has 1 aromatic rings. The molecular formula is C19H31ClN2O3S2. The average Bonchev–Trinajstić information content (AvgIpc) is 2.61. The van der Waals surface area contributed by atoms with Crippen molar-refractivity contribution in [1.82, 2.24) is 4.90 Å². The van der Waals surface area contributed by atoms with E-state index in [9.17, 15) is 13.2 Å². The Morgan fingerprint density at radius 3 is 2.67 bits per heavy atom. The van der Waals surface area contributed by atoms with Gasteiger partial charge in [-0.2, -0.15) is 0 Å². The van der Waals surface area contributed by atoms with E-state index in [4.69, 9.17) is 5.73 Å². The molecule has 8 heteroatoms. The molecule has 0 spiro atoms. The Kier molecular flexibility index (Phi) is 9.62. The number of thioether (sulfide) groups is 1. The monoisotopic (exact) mass is 434 g/mol. The number of halogens is 1. The lowest BCUT2D eigenvalue weighted by Crippen LogP contribution is -2.51. The highest BCUT2D eigenvalue weighted by atomic mass is 35.5. The predicted molar refractivity (Wildman–Crippen MR) is 114 cm³/mol. The molecule has 1 aromatic carbocycles. The lowest BCUT2D eigenvalue weighted by molar-refractivity contribution is -0.134. The summed E-state index contributed by atoms with van der Waals surface area (Å²) in [5.74, 6) is 0.738. The first-order valence-electron chi connectivity index (χ1n) is 9.29. The van der Waals surface area contributed by atoms with E-state index in [0.29, 0.717) is 28.7 Å². The number of piperidine rings is 1. The molecule has 1 saturated heterocycles. The smallest absolute Gasteiger partial charge is 0.236 e. The molecule has 3 atom stereocenters. The summed E-state index contributed by atoms with van der Waals surface area (Å²) in [5.41, 5.74) is 5.88. The molecule has 2 N–H and O–H groups in total. The first-order valence-corrected chi connectivity index (χ1v) is 11.8. The van der Waals surface area contributed by atoms with Crippen LogP contribution in [-0.2, 0) is 14.6 Å². The number of benzene rings is 1. The Labute approximate surface area is 173 Å².